The second-order valence-corrected chi connectivity index (χ2v) is 8.02. The van der Waals surface area contributed by atoms with Crippen LogP contribution in [0.4, 0.5) is 0 Å². The maximum absolute atomic E-state index is 12.9. The Kier molecular flexibility index (Phi) is 6.47. The number of piperidine rings is 1. The minimum atomic E-state index is 0.147. The predicted octanol–water partition coefficient (Wildman–Crippen LogP) is 4.43. The molecule has 0 saturated carbocycles. The van der Waals surface area contributed by atoms with Crippen LogP contribution in [0.15, 0.2) is 67.0 Å². The van der Waals surface area contributed by atoms with E-state index in [0.717, 1.165) is 55.8 Å². The minimum absolute atomic E-state index is 0.147. The summed E-state index contributed by atoms with van der Waals surface area (Å²) in [4.78, 5) is 14.9. The molecule has 0 unspecified atom stereocenters. The van der Waals surface area contributed by atoms with Crippen LogP contribution in [-0.2, 0) is 13.0 Å². The number of aryl methyl sites for hydroxylation is 1. The Morgan fingerprint density at radius 1 is 1.03 bits per heavy atom. The van der Waals surface area contributed by atoms with Crippen LogP contribution in [0.1, 0.15) is 40.7 Å². The van der Waals surface area contributed by atoms with Gasteiger partial charge in [0.15, 0.2) is 0 Å². The van der Waals surface area contributed by atoms with E-state index in [-0.39, 0.29) is 5.91 Å². The molecule has 5 nitrogen and oxygen atoms in total. The average Bonchev–Trinajstić information content (AvgIpc) is 3.31. The summed E-state index contributed by atoms with van der Waals surface area (Å²) in [6.07, 6.45) is 8.14. The SMILES string of the molecule is COc1ccc(CCC2CCN(C(=O)c3ccc(Cn4cccn4)cc3)CC2)cc1. The van der Waals surface area contributed by atoms with E-state index < -0.39 is 0 Å². The zero-order valence-electron chi connectivity index (χ0n) is 17.5. The Balaban J connectivity index is 1.24. The number of likely N-dealkylation sites (tertiary alicyclic amines) is 1. The molecule has 0 radical (unpaired) electrons. The third-order valence-corrected chi connectivity index (χ3v) is 6.01. The maximum Gasteiger partial charge on any atom is 0.253 e. The number of nitrogens with zero attached hydrogens (tertiary/aromatic N) is 3. The van der Waals surface area contributed by atoms with E-state index in [9.17, 15) is 4.79 Å². The molecule has 0 N–H and O–H groups in total. The second kappa shape index (κ2) is 9.61. The lowest BCUT2D eigenvalue weighted by atomic mass is 9.90. The van der Waals surface area contributed by atoms with Crippen LogP contribution >= 0.6 is 0 Å². The van der Waals surface area contributed by atoms with Crippen molar-refractivity contribution in [3.05, 3.63) is 83.7 Å². The second-order valence-electron chi connectivity index (χ2n) is 8.02. The zero-order valence-corrected chi connectivity index (χ0v) is 17.5. The van der Waals surface area contributed by atoms with Crippen LogP contribution in [0.5, 0.6) is 5.75 Å². The van der Waals surface area contributed by atoms with E-state index in [1.165, 1.54) is 12.0 Å². The van der Waals surface area contributed by atoms with Crippen molar-refractivity contribution in [1.29, 1.82) is 0 Å². The number of ether oxygens (including phenoxy) is 1. The van der Waals surface area contributed by atoms with E-state index in [4.69, 9.17) is 4.74 Å². The van der Waals surface area contributed by atoms with Crippen molar-refractivity contribution in [3.63, 3.8) is 0 Å². The summed E-state index contributed by atoms with van der Waals surface area (Å²) in [6.45, 7) is 2.42. The van der Waals surface area contributed by atoms with Gasteiger partial charge in [0.1, 0.15) is 5.75 Å². The number of aromatic nitrogens is 2. The number of benzene rings is 2. The molecule has 1 saturated heterocycles. The van der Waals surface area contributed by atoms with Crippen molar-refractivity contribution in [2.75, 3.05) is 20.2 Å². The summed E-state index contributed by atoms with van der Waals surface area (Å²) in [6, 6.07) is 18.2. The monoisotopic (exact) mass is 403 g/mol. The topological polar surface area (TPSA) is 47.4 Å². The molecule has 0 bridgehead atoms. The molecule has 1 aliphatic heterocycles. The van der Waals surface area contributed by atoms with Crippen LogP contribution in [0.3, 0.4) is 0 Å². The molecule has 4 rings (SSSR count). The standard InChI is InChI=1S/C25H29N3O2/c1-30-24-11-7-20(8-12-24)3-4-21-13-17-27(18-14-21)25(29)23-9-5-22(6-10-23)19-28-16-2-15-26-28/h2,5-12,15-16,21H,3-4,13-14,17-19H2,1H3. The van der Waals surface area contributed by atoms with Gasteiger partial charge in [0.05, 0.1) is 13.7 Å². The molecule has 30 heavy (non-hydrogen) atoms. The molecule has 3 aromatic rings. The van der Waals surface area contributed by atoms with Gasteiger partial charge in [-0.15, -0.1) is 0 Å². The van der Waals surface area contributed by atoms with Crippen LogP contribution in [-0.4, -0.2) is 40.8 Å². The van der Waals surface area contributed by atoms with Crippen molar-refractivity contribution in [3.8, 4) is 5.75 Å². The summed E-state index contributed by atoms with van der Waals surface area (Å²) in [7, 11) is 1.69. The van der Waals surface area contributed by atoms with Crippen molar-refractivity contribution in [2.45, 2.75) is 32.2 Å². The number of rotatable bonds is 7. The normalized spacial score (nSPS) is 14.6. The summed E-state index contributed by atoms with van der Waals surface area (Å²) >= 11 is 0. The third kappa shape index (κ3) is 5.09. The smallest absolute Gasteiger partial charge is 0.253 e. The van der Waals surface area contributed by atoms with Gasteiger partial charge >= 0.3 is 0 Å². The van der Waals surface area contributed by atoms with Gasteiger partial charge in [-0.1, -0.05) is 24.3 Å². The Labute approximate surface area is 178 Å². The van der Waals surface area contributed by atoms with Crippen LogP contribution in [0, 0.1) is 5.92 Å². The molecule has 0 atom stereocenters. The quantitative estimate of drug-likeness (QED) is 0.586. The van der Waals surface area contributed by atoms with E-state index in [2.05, 4.69) is 17.2 Å². The first-order valence-electron chi connectivity index (χ1n) is 10.7. The first-order valence-corrected chi connectivity index (χ1v) is 10.7. The van der Waals surface area contributed by atoms with Gasteiger partial charge < -0.3 is 9.64 Å². The van der Waals surface area contributed by atoms with Gasteiger partial charge in [-0.2, -0.15) is 5.10 Å². The molecule has 1 aliphatic rings. The zero-order chi connectivity index (χ0) is 20.8. The third-order valence-electron chi connectivity index (χ3n) is 6.01. The van der Waals surface area contributed by atoms with Crippen molar-refractivity contribution in [2.24, 2.45) is 5.92 Å². The number of carbonyl (C=O) groups is 1. The van der Waals surface area contributed by atoms with E-state index in [1.54, 1.807) is 13.3 Å². The number of hydrogen-bond acceptors (Lipinski definition) is 3. The van der Waals surface area contributed by atoms with Crippen LogP contribution in [0.2, 0.25) is 0 Å². The summed E-state index contributed by atoms with van der Waals surface area (Å²) in [5, 5.41) is 4.23. The highest BCUT2D eigenvalue weighted by Crippen LogP contribution is 2.24. The Bertz CT molecular complexity index is 926. The average molecular weight is 404 g/mol. The fraction of sp³-hybridized carbons (Fsp3) is 0.360. The van der Waals surface area contributed by atoms with Gasteiger partial charge in [0, 0.05) is 31.0 Å². The molecule has 2 aromatic carbocycles. The maximum atomic E-state index is 12.9. The Hall–Kier alpha value is -3.08. The highest BCUT2D eigenvalue weighted by atomic mass is 16.5. The van der Waals surface area contributed by atoms with Crippen LogP contribution < -0.4 is 4.74 Å². The lowest BCUT2D eigenvalue weighted by molar-refractivity contribution is 0.0687. The molecule has 0 spiro atoms. The molecular weight excluding hydrogens is 374 g/mol. The highest BCUT2D eigenvalue weighted by molar-refractivity contribution is 5.94. The fourth-order valence-corrected chi connectivity index (χ4v) is 4.10. The summed E-state index contributed by atoms with van der Waals surface area (Å²) < 4.78 is 7.11. The van der Waals surface area contributed by atoms with Gasteiger partial charge in [-0.05, 0) is 73.1 Å². The van der Waals surface area contributed by atoms with E-state index in [1.807, 2.05) is 58.2 Å². The fourth-order valence-electron chi connectivity index (χ4n) is 4.10. The summed E-state index contributed by atoms with van der Waals surface area (Å²) in [5.74, 6) is 1.74. The Morgan fingerprint density at radius 2 is 1.73 bits per heavy atom. The molecular formula is C25H29N3O2. The molecule has 2 heterocycles. The number of methoxy groups -OCH3 is 1. The molecule has 1 amide bonds. The predicted molar refractivity (Wildman–Crippen MR) is 118 cm³/mol. The van der Waals surface area contributed by atoms with E-state index in [0.29, 0.717) is 5.92 Å². The van der Waals surface area contributed by atoms with Gasteiger partial charge in [-0.25, -0.2) is 0 Å². The lowest BCUT2D eigenvalue weighted by Crippen LogP contribution is -2.38. The van der Waals surface area contributed by atoms with Gasteiger partial charge in [0.25, 0.3) is 5.91 Å². The van der Waals surface area contributed by atoms with Crippen LogP contribution in [0.25, 0.3) is 0 Å². The van der Waals surface area contributed by atoms with Crippen molar-refractivity contribution < 1.29 is 9.53 Å². The van der Waals surface area contributed by atoms with Crippen molar-refractivity contribution in [1.82, 2.24) is 14.7 Å². The molecule has 5 heteroatoms. The number of hydrogen-bond donors (Lipinski definition) is 0. The van der Waals surface area contributed by atoms with E-state index >= 15 is 0 Å². The molecule has 0 aliphatic carbocycles. The van der Waals surface area contributed by atoms with Gasteiger partial charge in [-0.3, -0.25) is 9.48 Å². The number of carbonyl (C=O) groups excluding carboxylic acids is 1. The largest absolute Gasteiger partial charge is 0.497 e. The molecule has 1 fully saturated rings. The minimum Gasteiger partial charge on any atom is -0.497 e. The first-order chi connectivity index (χ1) is 14.7. The Morgan fingerprint density at radius 3 is 2.37 bits per heavy atom. The lowest BCUT2D eigenvalue weighted by Gasteiger charge is -2.32. The first kappa shape index (κ1) is 20.2. The van der Waals surface area contributed by atoms with Crippen molar-refractivity contribution >= 4 is 5.91 Å². The summed E-state index contributed by atoms with van der Waals surface area (Å²) in [5.41, 5.74) is 3.27. The van der Waals surface area contributed by atoms with Gasteiger partial charge in [0.2, 0.25) is 0 Å². The highest BCUT2D eigenvalue weighted by Gasteiger charge is 2.23. The molecule has 1 aromatic heterocycles. The number of amides is 1. The molecule has 156 valence electrons.